The van der Waals surface area contributed by atoms with Gasteiger partial charge >= 0.3 is 0 Å². The first-order valence-corrected chi connectivity index (χ1v) is 8.94. The van der Waals surface area contributed by atoms with E-state index in [-0.39, 0.29) is 11.8 Å². The van der Waals surface area contributed by atoms with E-state index in [2.05, 4.69) is 22.3 Å². The highest BCUT2D eigenvalue weighted by Gasteiger charge is 2.37. The Morgan fingerprint density at radius 3 is 3.08 bits per heavy atom. The van der Waals surface area contributed by atoms with E-state index in [0.29, 0.717) is 19.0 Å². The second-order valence-corrected chi connectivity index (χ2v) is 6.46. The molecule has 0 spiro atoms. The lowest BCUT2D eigenvalue weighted by Crippen LogP contribution is -2.31. The number of ether oxygens (including phenoxy) is 1. The van der Waals surface area contributed by atoms with Gasteiger partial charge < -0.3 is 10.1 Å². The predicted molar refractivity (Wildman–Crippen MR) is 94.5 cm³/mol. The van der Waals surface area contributed by atoms with Gasteiger partial charge in [-0.1, -0.05) is 31.5 Å². The van der Waals surface area contributed by atoms with Crippen molar-refractivity contribution in [1.82, 2.24) is 14.8 Å². The molecule has 0 unspecified atom stereocenters. The normalized spacial score (nSPS) is 19.2. The number of nitrogens with one attached hydrogen (secondary N) is 1. The topological polar surface area (TPSA) is 69.0 Å². The number of fused-ring (bicyclic) bond motifs is 1. The molecule has 1 aromatic heterocycles. The molecule has 1 aliphatic carbocycles. The summed E-state index contributed by atoms with van der Waals surface area (Å²) in [7, 11) is 0. The van der Waals surface area contributed by atoms with Gasteiger partial charge in [0.2, 0.25) is 5.95 Å². The summed E-state index contributed by atoms with van der Waals surface area (Å²) in [5.41, 5.74) is 2.75. The number of nitrogens with zero attached hydrogens (tertiary/aromatic N) is 3. The number of rotatable bonds is 5. The van der Waals surface area contributed by atoms with E-state index in [0.717, 1.165) is 48.3 Å². The quantitative estimate of drug-likeness (QED) is 0.845. The number of unbranched alkanes of at least 4 members (excludes halogenated alkanes) is 1. The van der Waals surface area contributed by atoms with E-state index in [4.69, 9.17) is 4.74 Å². The SMILES string of the molecule is CCCCOc1ccccc1[C@@H]1C2=C(CCCC2=O)Nc2ncnn21. The first-order valence-electron chi connectivity index (χ1n) is 8.94. The fourth-order valence-corrected chi connectivity index (χ4v) is 3.55. The third-order valence-electron chi connectivity index (χ3n) is 4.78. The first kappa shape index (κ1) is 15.9. The van der Waals surface area contributed by atoms with E-state index in [1.807, 2.05) is 24.3 Å². The van der Waals surface area contributed by atoms with Gasteiger partial charge in [0.05, 0.1) is 6.61 Å². The minimum atomic E-state index is -0.278. The number of carbonyl (C=O) groups excluding carboxylic acids is 1. The molecule has 0 bridgehead atoms. The van der Waals surface area contributed by atoms with Gasteiger partial charge in [-0.15, -0.1) is 0 Å². The number of hydrogen-bond donors (Lipinski definition) is 1. The number of carbonyl (C=O) groups is 1. The molecule has 6 nitrogen and oxygen atoms in total. The Bertz CT molecular complexity index is 824. The summed E-state index contributed by atoms with van der Waals surface area (Å²) >= 11 is 0. The molecule has 2 aliphatic rings. The van der Waals surface area contributed by atoms with Gasteiger partial charge in [-0.05, 0) is 25.3 Å². The second kappa shape index (κ2) is 6.70. The van der Waals surface area contributed by atoms with Crippen molar-refractivity contribution >= 4 is 11.7 Å². The Kier molecular flexibility index (Phi) is 4.26. The summed E-state index contributed by atoms with van der Waals surface area (Å²) in [6, 6.07) is 7.66. The zero-order valence-electron chi connectivity index (χ0n) is 14.4. The monoisotopic (exact) mass is 338 g/mol. The summed E-state index contributed by atoms with van der Waals surface area (Å²) in [5.74, 6) is 1.68. The molecule has 0 saturated carbocycles. The lowest BCUT2D eigenvalue weighted by Gasteiger charge is -2.32. The Labute approximate surface area is 146 Å². The average Bonchev–Trinajstić information content (AvgIpc) is 3.09. The van der Waals surface area contributed by atoms with Crippen LogP contribution in [-0.2, 0) is 4.79 Å². The molecule has 2 aromatic rings. The number of Topliss-reactive ketones (excluding diaryl/α,β-unsaturated/α-hetero) is 1. The molecule has 2 heterocycles. The standard InChI is InChI=1S/C19H22N4O2/c1-2-3-11-25-16-10-5-4-7-13(16)18-17-14(8-6-9-15(17)24)22-19-20-12-21-23(18)19/h4-5,7,10,12,18H,2-3,6,8-9,11H2,1H3,(H,20,21,22)/t18-/m1/s1. The Hall–Kier alpha value is -2.63. The molecule has 1 aromatic carbocycles. The highest BCUT2D eigenvalue weighted by molar-refractivity contribution is 5.99. The summed E-state index contributed by atoms with van der Waals surface area (Å²) in [6.07, 6.45) is 5.93. The molecule has 130 valence electrons. The first-order chi connectivity index (χ1) is 12.3. The van der Waals surface area contributed by atoms with E-state index in [1.54, 1.807) is 4.68 Å². The number of hydrogen-bond acceptors (Lipinski definition) is 5. The third kappa shape index (κ3) is 2.81. The number of benzene rings is 1. The molecule has 25 heavy (non-hydrogen) atoms. The zero-order valence-corrected chi connectivity index (χ0v) is 14.4. The predicted octanol–water partition coefficient (Wildman–Crippen LogP) is 3.48. The van der Waals surface area contributed by atoms with Crippen LogP contribution in [0.5, 0.6) is 5.75 Å². The molecule has 6 heteroatoms. The van der Waals surface area contributed by atoms with Gasteiger partial charge in [0, 0.05) is 23.3 Å². The van der Waals surface area contributed by atoms with Crippen LogP contribution >= 0.6 is 0 Å². The fourth-order valence-electron chi connectivity index (χ4n) is 3.55. The third-order valence-corrected chi connectivity index (χ3v) is 4.78. The highest BCUT2D eigenvalue weighted by Crippen LogP contribution is 2.42. The van der Waals surface area contributed by atoms with E-state index >= 15 is 0 Å². The number of aromatic nitrogens is 3. The van der Waals surface area contributed by atoms with Crippen molar-refractivity contribution in [1.29, 1.82) is 0 Å². The van der Waals surface area contributed by atoms with Crippen molar-refractivity contribution in [3.63, 3.8) is 0 Å². The molecule has 0 radical (unpaired) electrons. The van der Waals surface area contributed by atoms with Crippen molar-refractivity contribution in [2.45, 2.75) is 45.1 Å². The van der Waals surface area contributed by atoms with Crippen molar-refractivity contribution in [2.75, 3.05) is 11.9 Å². The summed E-state index contributed by atoms with van der Waals surface area (Å²) < 4.78 is 7.82. The van der Waals surface area contributed by atoms with Crippen LogP contribution in [0.15, 0.2) is 41.9 Å². The molecule has 1 atom stereocenters. The largest absolute Gasteiger partial charge is 0.493 e. The van der Waals surface area contributed by atoms with Crippen molar-refractivity contribution in [3.8, 4) is 5.75 Å². The lowest BCUT2D eigenvalue weighted by atomic mass is 9.85. The van der Waals surface area contributed by atoms with Crippen LogP contribution in [-0.4, -0.2) is 27.2 Å². The summed E-state index contributed by atoms with van der Waals surface area (Å²) in [5, 5.41) is 7.67. The van der Waals surface area contributed by atoms with Gasteiger partial charge in [0.25, 0.3) is 0 Å². The van der Waals surface area contributed by atoms with Crippen LogP contribution in [0.3, 0.4) is 0 Å². The molecular formula is C19H22N4O2. The molecular weight excluding hydrogens is 316 g/mol. The van der Waals surface area contributed by atoms with Crippen molar-refractivity contribution < 1.29 is 9.53 Å². The van der Waals surface area contributed by atoms with Crippen molar-refractivity contribution in [2.24, 2.45) is 0 Å². The molecule has 4 rings (SSSR count). The number of anilines is 1. The van der Waals surface area contributed by atoms with Crippen LogP contribution in [0.2, 0.25) is 0 Å². The molecule has 0 saturated heterocycles. The van der Waals surface area contributed by atoms with Gasteiger partial charge in [0.15, 0.2) is 5.78 Å². The molecule has 0 amide bonds. The lowest BCUT2D eigenvalue weighted by molar-refractivity contribution is -0.116. The zero-order chi connectivity index (χ0) is 17.2. The maximum atomic E-state index is 12.7. The van der Waals surface area contributed by atoms with Crippen LogP contribution in [0, 0.1) is 0 Å². The average molecular weight is 338 g/mol. The van der Waals surface area contributed by atoms with Gasteiger partial charge in [-0.25, -0.2) is 4.68 Å². The molecule has 1 aliphatic heterocycles. The number of para-hydroxylation sites is 1. The smallest absolute Gasteiger partial charge is 0.226 e. The van der Waals surface area contributed by atoms with Crippen LogP contribution in [0.4, 0.5) is 5.95 Å². The maximum Gasteiger partial charge on any atom is 0.226 e. The maximum absolute atomic E-state index is 12.7. The Morgan fingerprint density at radius 1 is 1.32 bits per heavy atom. The molecule has 1 N–H and O–H groups in total. The van der Waals surface area contributed by atoms with E-state index in [1.165, 1.54) is 6.33 Å². The second-order valence-electron chi connectivity index (χ2n) is 6.46. The van der Waals surface area contributed by atoms with Crippen molar-refractivity contribution in [3.05, 3.63) is 47.4 Å². The molecule has 0 fully saturated rings. The highest BCUT2D eigenvalue weighted by atomic mass is 16.5. The van der Waals surface area contributed by atoms with E-state index in [9.17, 15) is 4.79 Å². The van der Waals surface area contributed by atoms with E-state index < -0.39 is 0 Å². The Balaban J connectivity index is 1.80. The van der Waals surface area contributed by atoms with Crippen LogP contribution in [0.1, 0.15) is 50.6 Å². The summed E-state index contributed by atoms with van der Waals surface area (Å²) in [4.78, 5) is 17.0. The minimum Gasteiger partial charge on any atom is -0.493 e. The van der Waals surface area contributed by atoms with Gasteiger partial charge in [-0.3, -0.25) is 4.79 Å². The van der Waals surface area contributed by atoms with Gasteiger partial charge in [0.1, 0.15) is 18.1 Å². The number of ketones is 1. The number of allylic oxidation sites excluding steroid dienone is 2. The summed E-state index contributed by atoms with van der Waals surface area (Å²) in [6.45, 7) is 2.81. The Morgan fingerprint density at radius 2 is 2.20 bits per heavy atom. The van der Waals surface area contributed by atoms with Crippen LogP contribution < -0.4 is 10.1 Å². The van der Waals surface area contributed by atoms with Gasteiger partial charge in [-0.2, -0.15) is 10.1 Å². The fraction of sp³-hybridized carbons (Fsp3) is 0.421. The minimum absolute atomic E-state index is 0.184. The van der Waals surface area contributed by atoms with Crippen LogP contribution in [0.25, 0.3) is 0 Å².